The third-order valence-corrected chi connectivity index (χ3v) is 3.20. The monoisotopic (exact) mass is 322 g/mol. The Labute approximate surface area is 120 Å². The van der Waals surface area contributed by atoms with E-state index in [2.05, 4.69) is 31.3 Å². The lowest BCUT2D eigenvalue weighted by molar-refractivity contribution is 0.0946. The van der Waals surface area contributed by atoms with Gasteiger partial charge in [0, 0.05) is 36.0 Å². The van der Waals surface area contributed by atoms with E-state index in [1.807, 2.05) is 20.2 Å². The molecule has 0 fully saturated rings. The molecule has 2 heterocycles. The Morgan fingerprint density at radius 3 is 2.89 bits per heavy atom. The number of carbonyl (C=O) groups excluding carboxylic acids is 1. The largest absolute Gasteiger partial charge is 0.346 e. The van der Waals surface area contributed by atoms with Crippen LogP contribution in [0.5, 0.6) is 0 Å². The minimum atomic E-state index is -0.182. The quantitative estimate of drug-likeness (QED) is 0.937. The van der Waals surface area contributed by atoms with Crippen LogP contribution < -0.4 is 5.32 Å². The van der Waals surface area contributed by atoms with Gasteiger partial charge >= 0.3 is 0 Å². The van der Waals surface area contributed by atoms with Crippen LogP contribution >= 0.6 is 15.9 Å². The summed E-state index contributed by atoms with van der Waals surface area (Å²) in [6.45, 7) is 2.51. The number of aromatic nitrogens is 3. The predicted molar refractivity (Wildman–Crippen MR) is 75.7 cm³/mol. The number of amides is 1. The van der Waals surface area contributed by atoms with Gasteiger partial charge < -0.3 is 5.32 Å². The third-order valence-electron chi connectivity index (χ3n) is 2.73. The van der Waals surface area contributed by atoms with Gasteiger partial charge in [0.2, 0.25) is 0 Å². The van der Waals surface area contributed by atoms with Crippen LogP contribution in [0.4, 0.5) is 0 Å². The average molecular weight is 323 g/mol. The van der Waals surface area contributed by atoms with Crippen LogP contribution in [0.15, 0.2) is 29.0 Å². The van der Waals surface area contributed by atoms with Crippen molar-refractivity contribution in [1.29, 1.82) is 0 Å². The number of nitrogens with one attached hydrogen (secondary N) is 1. The van der Waals surface area contributed by atoms with Crippen LogP contribution in [0.1, 0.15) is 28.7 Å². The first-order valence-corrected chi connectivity index (χ1v) is 6.80. The van der Waals surface area contributed by atoms with Crippen LogP contribution in [-0.2, 0) is 20.0 Å². The van der Waals surface area contributed by atoms with Gasteiger partial charge in [-0.3, -0.25) is 9.48 Å². The number of hydrogen-bond donors (Lipinski definition) is 1. The molecule has 2 aromatic rings. The van der Waals surface area contributed by atoms with Gasteiger partial charge in [-0.05, 0) is 34.5 Å². The molecule has 5 nitrogen and oxygen atoms in total. The molecule has 2 aromatic heterocycles. The van der Waals surface area contributed by atoms with Gasteiger partial charge in [0.25, 0.3) is 5.91 Å². The van der Waals surface area contributed by atoms with Gasteiger partial charge in [-0.15, -0.1) is 0 Å². The SMILES string of the molecule is CCc1nn(C)cc1CNC(=O)c1ccc(Br)cn1. The molecule has 0 aliphatic carbocycles. The van der Waals surface area contributed by atoms with Crippen molar-refractivity contribution in [2.45, 2.75) is 19.9 Å². The molecule has 0 unspecified atom stereocenters. The molecule has 0 aromatic carbocycles. The summed E-state index contributed by atoms with van der Waals surface area (Å²) in [5.74, 6) is -0.182. The zero-order valence-corrected chi connectivity index (χ0v) is 12.4. The summed E-state index contributed by atoms with van der Waals surface area (Å²) in [7, 11) is 1.88. The maximum atomic E-state index is 11.9. The highest BCUT2D eigenvalue weighted by Gasteiger charge is 2.10. The summed E-state index contributed by atoms with van der Waals surface area (Å²) in [6, 6.07) is 3.48. The molecule has 0 saturated heterocycles. The fourth-order valence-corrected chi connectivity index (χ4v) is 2.04. The van der Waals surface area contributed by atoms with E-state index in [1.54, 1.807) is 23.0 Å². The molecule has 0 aliphatic heterocycles. The number of halogens is 1. The summed E-state index contributed by atoms with van der Waals surface area (Å²) in [6.07, 6.45) is 4.38. The molecule has 0 spiro atoms. The lowest BCUT2D eigenvalue weighted by Gasteiger charge is -2.04. The Morgan fingerprint density at radius 1 is 1.47 bits per heavy atom. The van der Waals surface area contributed by atoms with Crippen molar-refractivity contribution in [2.24, 2.45) is 7.05 Å². The molecule has 2 rings (SSSR count). The van der Waals surface area contributed by atoms with Crippen LogP contribution in [0, 0.1) is 0 Å². The van der Waals surface area contributed by atoms with Crippen molar-refractivity contribution in [2.75, 3.05) is 0 Å². The molecular weight excluding hydrogens is 308 g/mol. The zero-order valence-electron chi connectivity index (χ0n) is 10.9. The molecule has 0 aliphatic rings. The summed E-state index contributed by atoms with van der Waals surface area (Å²) in [4.78, 5) is 16.0. The summed E-state index contributed by atoms with van der Waals surface area (Å²) < 4.78 is 2.61. The second-order valence-corrected chi connectivity index (χ2v) is 5.09. The minimum absolute atomic E-state index is 0.182. The Hall–Kier alpha value is -1.69. The summed E-state index contributed by atoms with van der Waals surface area (Å²) >= 11 is 3.29. The maximum absolute atomic E-state index is 11.9. The molecule has 6 heteroatoms. The van der Waals surface area contributed by atoms with E-state index in [-0.39, 0.29) is 5.91 Å². The van der Waals surface area contributed by atoms with Crippen molar-refractivity contribution >= 4 is 21.8 Å². The highest BCUT2D eigenvalue weighted by Crippen LogP contribution is 2.09. The van der Waals surface area contributed by atoms with Gasteiger partial charge in [-0.2, -0.15) is 5.10 Å². The molecule has 0 saturated carbocycles. The first-order chi connectivity index (χ1) is 9.10. The second kappa shape index (κ2) is 5.97. The number of nitrogens with zero attached hydrogens (tertiary/aromatic N) is 3. The molecule has 0 atom stereocenters. The molecular formula is C13H15BrN4O. The smallest absolute Gasteiger partial charge is 0.270 e. The lowest BCUT2D eigenvalue weighted by Crippen LogP contribution is -2.24. The fraction of sp³-hybridized carbons (Fsp3) is 0.308. The van der Waals surface area contributed by atoms with E-state index in [0.717, 1.165) is 22.2 Å². The normalized spacial score (nSPS) is 10.5. The fourth-order valence-electron chi connectivity index (χ4n) is 1.81. The van der Waals surface area contributed by atoms with E-state index in [9.17, 15) is 4.79 Å². The van der Waals surface area contributed by atoms with E-state index in [4.69, 9.17) is 0 Å². The highest BCUT2D eigenvalue weighted by molar-refractivity contribution is 9.10. The summed E-state index contributed by atoms with van der Waals surface area (Å²) in [5, 5.41) is 7.19. The molecule has 1 amide bonds. The Bertz CT molecular complexity index is 577. The number of hydrogen-bond acceptors (Lipinski definition) is 3. The van der Waals surface area contributed by atoms with E-state index in [1.165, 1.54) is 0 Å². The molecule has 100 valence electrons. The maximum Gasteiger partial charge on any atom is 0.270 e. The average Bonchev–Trinajstić information content (AvgIpc) is 2.77. The zero-order chi connectivity index (χ0) is 13.8. The Morgan fingerprint density at radius 2 is 2.26 bits per heavy atom. The Balaban J connectivity index is 2.02. The minimum Gasteiger partial charge on any atom is -0.346 e. The van der Waals surface area contributed by atoms with Crippen molar-refractivity contribution in [3.8, 4) is 0 Å². The first kappa shape index (κ1) is 13.7. The van der Waals surface area contributed by atoms with Gasteiger partial charge in [0.05, 0.1) is 5.69 Å². The van der Waals surface area contributed by atoms with E-state index < -0.39 is 0 Å². The standard InChI is InChI=1S/C13H15BrN4O/c1-3-11-9(8-18(2)17-11)6-16-13(19)12-5-4-10(14)7-15-12/h4-5,7-8H,3,6H2,1-2H3,(H,16,19). The van der Waals surface area contributed by atoms with Crippen LogP contribution in [0.2, 0.25) is 0 Å². The molecule has 1 N–H and O–H groups in total. The Kier molecular flexibility index (Phi) is 4.31. The number of rotatable bonds is 4. The second-order valence-electron chi connectivity index (χ2n) is 4.17. The number of pyridine rings is 1. The predicted octanol–water partition coefficient (Wildman–Crippen LogP) is 2.07. The molecule has 0 radical (unpaired) electrons. The van der Waals surface area contributed by atoms with Crippen molar-refractivity contribution in [1.82, 2.24) is 20.1 Å². The van der Waals surface area contributed by atoms with Crippen LogP contribution in [0.3, 0.4) is 0 Å². The van der Waals surface area contributed by atoms with Crippen LogP contribution in [0.25, 0.3) is 0 Å². The van der Waals surface area contributed by atoms with Gasteiger partial charge in [0.15, 0.2) is 0 Å². The number of carbonyl (C=O) groups is 1. The van der Waals surface area contributed by atoms with Gasteiger partial charge in [0.1, 0.15) is 5.69 Å². The first-order valence-electron chi connectivity index (χ1n) is 6.01. The molecule has 19 heavy (non-hydrogen) atoms. The van der Waals surface area contributed by atoms with Crippen molar-refractivity contribution in [3.63, 3.8) is 0 Å². The van der Waals surface area contributed by atoms with E-state index in [0.29, 0.717) is 12.2 Å². The van der Waals surface area contributed by atoms with E-state index >= 15 is 0 Å². The lowest BCUT2D eigenvalue weighted by atomic mass is 10.2. The molecule has 0 bridgehead atoms. The topological polar surface area (TPSA) is 59.8 Å². The summed E-state index contributed by atoms with van der Waals surface area (Å²) in [5.41, 5.74) is 2.45. The van der Waals surface area contributed by atoms with Crippen molar-refractivity contribution < 1.29 is 4.79 Å². The third kappa shape index (κ3) is 3.41. The van der Waals surface area contributed by atoms with Crippen LogP contribution in [-0.4, -0.2) is 20.7 Å². The number of aryl methyl sites for hydroxylation is 2. The van der Waals surface area contributed by atoms with Gasteiger partial charge in [-0.1, -0.05) is 6.92 Å². The van der Waals surface area contributed by atoms with Crippen molar-refractivity contribution in [3.05, 3.63) is 46.0 Å². The highest BCUT2D eigenvalue weighted by atomic mass is 79.9. The van der Waals surface area contributed by atoms with Gasteiger partial charge in [-0.25, -0.2) is 4.98 Å².